The Morgan fingerprint density at radius 3 is 2.69 bits per heavy atom. The summed E-state index contributed by atoms with van der Waals surface area (Å²) in [5.41, 5.74) is 1.43. The number of nitrogens with zero attached hydrogens (tertiary/aromatic N) is 2. The number of hydrogen-bond donors (Lipinski definition) is 1. The lowest BCUT2D eigenvalue weighted by Crippen LogP contribution is -2.27. The molecular formula is C21H23N3O4S. The lowest BCUT2D eigenvalue weighted by atomic mass is 10.1. The molecule has 0 aliphatic heterocycles. The Morgan fingerprint density at radius 1 is 1.21 bits per heavy atom. The molecule has 7 nitrogen and oxygen atoms in total. The maximum atomic E-state index is 13.0. The van der Waals surface area contributed by atoms with Crippen LogP contribution in [0.2, 0.25) is 0 Å². The highest BCUT2D eigenvalue weighted by Gasteiger charge is 2.18. The van der Waals surface area contributed by atoms with Gasteiger partial charge in [0.05, 0.1) is 31.6 Å². The summed E-state index contributed by atoms with van der Waals surface area (Å²) in [4.78, 5) is 18.0. The van der Waals surface area contributed by atoms with Crippen LogP contribution in [0, 0.1) is 6.92 Å². The number of aromatic nitrogens is 2. The van der Waals surface area contributed by atoms with Gasteiger partial charge in [-0.3, -0.25) is 4.79 Å². The Kier molecular flexibility index (Phi) is 6.77. The number of amides is 1. The smallest absolute Gasteiger partial charge is 0.252 e. The van der Waals surface area contributed by atoms with Crippen LogP contribution in [0.15, 0.2) is 51.9 Å². The maximum Gasteiger partial charge on any atom is 0.252 e. The van der Waals surface area contributed by atoms with E-state index in [-0.39, 0.29) is 11.9 Å². The van der Waals surface area contributed by atoms with Crippen molar-refractivity contribution in [1.82, 2.24) is 15.5 Å². The molecule has 0 bridgehead atoms. The van der Waals surface area contributed by atoms with E-state index < -0.39 is 0 Å². The number of benzene rings is 2. The van der Waals surface area contributed by atoms with Crippen molar-refractivity contribution in [2.75, 3.05) is 14.2 Å². The average Bonchev–Trinajstić information content (AvgIpc) is 3.16. The van der Waals surface area contributed by atoms with Crippen LogP contribution >= 0.6 is 11.8 Å². The quantitative estimate of drug-likeness (QED) is 0.554. The first kappa shape index (κ1) is 20.7. The van der Waals surface area contributed by atoms with E-state index in [1.165, 1.54) is 11.8 Å². The van der Waals surface area contributed by atoms with Gasteiger partial charge in [0.15, 0.2) is 5.82 Å². The number of aryl methyl sites for hydroxylation is 1. The lowest BCUT2D eigenvalue weighted by Gasteiger charge is -2.19. The predicted octanol–water partition coefficient (Wildman–Crippen LogP) is 4.18. The molecule has 8 heteroatoms. The number of nitrogens with one attached hydrogen (secondary N) is 1. The van der Waals surface area contributed by atoms with Gasteiger partial charge in [-0.15, -0.1) is 11.8 Å². The monoisotopic (exact) mass is 413 g/mol. The summed E-state index contributed by atoms with van der Waals surface area (Å²) in [7, 11) is 3.21. The molecule has 1 N–H and O–H groups in total. The molecule has 0 spiro atoms. The van der Waals surface area contributed by atoms with E-state index >= 15 is 0 Å². The van der Waals surface area contributed by atoms with Gasteiger partial charge in [-0.25, -0.2) is 0 Å². The Morgan fingerprint density at radius 2 is 2.00 bits per heavy atom. The SMILES string of the molecule is COc1ccc(OC)c(C(C)NC(=O)c2ccccc2SCc2noc(C)n2)c1. The van der Waals surface area contributed by atoms with Gasteiger partial charge in [-0.2, -0.15) is 4.98 Å². The minimum atomic E-state index is -0.273. The molecular weight excluding hydrogens is 390 g/mol. The zero-order chi connectivity index (χ0) is 20.8. The van der Waals surface area contributed by atoms with Crippen LogP contribution < -0.4 is 14.8 Å². The van der Waals surface area contributed by atoms with E-state index in [0.29, 0.717) is 34.5 Å². The van der Waals surface area contributed by atoms with Gasteiger partial charge in [0.2, 0.25) is 5.89 Å². The van der Waals surface area contributed by atoms with Crippen molar-refractivity contribution in [2.24, 2.45) is 0 Å². The first-order valence-electron chi connectivity index (χ1n) is 9.05. The zero-order valence-electron chi connectivity index (χ0n) is 16.8. The number of carbonyl (C=O) groups excluding carboxylic acids is 1. The van der Waals surface area contributed by atoms with Crippen LogP contribution in [0.1, 0.15) is 40.6 Å². The van der Waals surface area contributed by atoms with Crippen molar-refractivity contribution < 1.29 is 18.8 Å². The van der Waals surface area contributed by atoms with Crippen LogP contribution in [0.5, 0.6) is 11.5 Å². The normalized spacial score (nSPS) is 11.7. The molecule has 0 saturated carbocycles. The van der Waals surface area contributed by atoms with E-state index in [1.54, 1.807) is 27.2 Å². The van der Waals surface area contributed by atoms with Crippen LogP contribution in [0.25, 0.3) is 0 Å². The molecule has 3 rings (SSSR count). The molecule has 3 aromatic rings. The Labute approximate surface area is 173 Å². The van der Waals surface area contributed by atoms with Crippen LogP contribution in [0.3, 0.4) is 0 Å². The molecule has 2 aromatic carbocycles. The van der Waals surface area contributed by atoms with Crippen LogP contribution in [0.4, 0.5) is 0 Å². The van der Waals surface area contributed by atoms with Crippen LogP contribution in [-0.2, 0) is 5.75 Å². The first-order chi connectivity index (χ1) is 14.0. The second-order valence-electron chi connectivity index (χ2n) is 6.32. The minimum absolute atomic E-state index is 0.172. The number of thioether (sulfide) groups is 1. The summed E-state index contributed by atoms with van der Waals surface area (Å²) in [6.45, 7) is 3.66. The second kappa shape index (κ2) is 9.47. The summed E-state index contributed by atoms with van der Waals surface area (Å²) < 4.78 is 15.7. The van der Waals surface area contributed by atoms with E-state index in [1.807, 2.05) is 43.3 Å². The summed E-state index contributed by atoms with van der Waals surface area (Å²) in [6.07, 6.45) is 0. The van der Waals surface area contributed by atoms with Gasteiger partial charge < -0.3 is 19.3 Å². The van der Waals surface area contributed by atoms with Gasteiger partial charge in [-0.1, -0.05) is 17.3 Å². The molecule has 0 aliphatic carbocycles. The van der Waals surface area contributed by atoms with Crippen molar-refractivity contribution in [3.05, 3.63) is 65.3 Å². The molecule has 1 atom stereocenters. The molecule has 152 valence electrons. The molecule has 1 unspecified atom stereocenters. The summed E-state index contributed by atoms with van der Waals surface area (Å²) in [5.74, 6) is 2.85. The third kappa shape index (κ3) is 5.08. The van der Waals surface area contributed by atoms with E-state index in [0.717, 1.165) is 10.5 Å². The van der Waals surface area contributed by atoms with Gasteiger partial charge >= 0.3 is 0 Å². The fourth-order valence-corrected chi connectivity index (χ4v) is 3.75. The lowest BCUT2D eigenvalue weighted by molar-refractivity contribution is 0.0936. The maximum absolute atomic E-state index is 13.0. The van der Waals surface area contributed by atoms with E-state index in [9.17, 15) is 4.79 Å². The summed E-state index contributed by atoms with van der Waals surface area (Å²) in [5, 5.41) is 6.94. The van der Waals surface area contributed by atoms with Gasteiger partial charge in [0.25, 0.3) is 5.91 Å². The van der Waals surface area contributed by atoms with E-state index in [4.69, 9.17) is 14.0 Å². The largest absolute Gasteiger partial charge is 0.497 e. The van der Waals surface area contributed by atoms with Gasteiger partial charge in [0, 0.05) is 17.4 Å². The molecule has 1 heterocycles. The highest BCUT2D eigenvalue weighted by Crippen LogP contribution is 2.30. The molecule has 0 fully saturated rings. The second-order valence-corrected chi connectivity index (χ2v) is 7.33. The number of carbonyl (C=O) groups is 1. The average molecular weight is 413 g/mol. The third-order valence-corrected chi connectivity index (χ3v) is 5.38. The van der Waals surface area contributed by atoms with Crippen LogP contribution in [-0.4, -0.2) is 30.3 Å². The molecule has 0 radical (unpaired) electrons. The van der Waals surface area contributed by atoms with Gasteiger partial charge in [-0.05, 0) is 37.3 Å². The summed E-state index contributed by atoms with van der Waals surface area (Å²) in [6, 6.07) is 12.7. The molecule has 1 amide bonds. The van der Waals surface area contributed by atoms with Crippen molar-refractivity contribution in [3.8, 4) is 11.5 Å². The fraction of sp³-hybridized carbons (Fsp3) is 0.286. The van der Waals surface area contributed by atoms with Gasteiger partial charge in [0.1, 0.15) is 11.5 Å². The predicted molar refractivity (Wildman–Crippen MR) is 110 cm³/mol. The van der Waals surface area contributed by atoms with Crippen molar-refractivity contribution in [2.45, 2.75) is 30.5 Å². The molecule has 1 aromatic heterocycles. The Balaban J connectivity index is 1.75. The number of methoxy groups -OCH3 is 2. The zero-order valence-corrected chi connectivity index (χ0v) is 17.6. The standard InChI is InChI=1S/C21H23N3O4S/c1-13(17-11-15(26-3)9-10-18(17)27-4)22-21(25)16-7-5-6-8-19(16)29-12-20-23-14(2)28-24-20/h5-11,13H,12H2,1-4H3,(H,22,25). The summed E-state index contributed by atoms with van der Waals surface area (Å²) >= 11 is 1.49. The van der Waals surface area contributed by atoms with E-state index in [2.05, 4.69) is 15.5 Å². The number of hydrogen-bond acceptors (Lipinski definition) is 7. The third-order valence-electron chi connectivity index (χ3n) is 4.31. The van der Waals surface area contributed by atoms with Crippen molar-refractivity contribution in [1.29, 1.82) is 0 Å². The topological polar surface area (TPSA) is 86.5 Å². The molecule has 0 saturated heterocycles. The Hall–Kier alpha value is -3.00. The molecule has 29 heavy (non-hydrogen) atoms. The molecule has 0 aliphatic rings. The number of rotatable bonds is 8. The first-order valence-corrected chi connectivity index (χ1v) is 10.0. The Bertz CT molecular complexity index is 990. The number of ether oxygens (including phenoxy) is 2. The highest BCUT2D eigenvalue weighted by atomic mass is 32.2. The van der Waals surface area contributed by atoms with Crippen molar-refractivity contribution >= 4 is 17.7 Å². The highest BCUT2D eigenvalue weighted by molar-refractivity contribution is 7.98. The fourth-order valence-electron chi connectivity index (χ4n) is 2.85. The minimum Gasteiger partial charge on any atom is -0.497 e. The van der Waals surface area contributed by atoms with Crippen molar-refractivity contribution in [3.63, 3.8) is 0 Å².